The van der Waals surface area contributed by atoms with Crippen LogP contribution in [0.4, 0.5) is 26.3 Å². The molecule has 15 heteroatoms. The van der Waals surface area contributed by atoms with E-state index in [0.29, 0.717) is 0 Å². The highest BCUT2D eigenvalue weighted by atomic mass is 32.2. The highest BCUT2D eigenvalue weighted by Crippen LogP contribution is 2.66. The van der Waals surface area contributed by atoms with Gasteiger partial charge in [0, 0.05) is 11.8 Å². The van der Waals surface area contributed by atoms with Crippen LogP contribution < -0.4 is 0 Å². The summed E-state index contributed by atoms with van der Waals surface area (Å²) in [6.07, 6.45) is 0.100. The second-order valence-electron chi connectivity index (χ2n) is 9.00. The van der Waals surface area contributed by atoms with Crippen molar-refractivity contribution in [2.75, 3.05) is 13.2 Å². The zero-order valence-corrected chi connectivity index (χ0v) is 17.0. The van der Waals surface area contributed by atoms with Gasteiger partial charge >= 0.3 is 39.2 Å². The minimum atomic E-state index is -6.19. The van der Waals surface area contributed by atoms with Crippen LogP contribution in [0.15, 0.2) is 0 Å². The van der Waals surface area contributed by atoms with Gasteiger partial charge in [0.25, 0.3) is 0 Å². The predicted octanol–water partition coefficient (Wildman–Crippen LogP) is 2.38. The van der Waals surface area contributed by atoms with Crippen molar-refractivity contribution in [2.24, 2.45) is 23.2 Å². The van der Waals surface area contributed by atoms with Crippen LogP contribution in [0, 0.1) is 23.2 Å². The Morgan fingerprint density at radius 2 is 1.41 bits per heavy atom. The number of hydrogen-bond acceptors (Lipinski definition) is 7. The molecule has 0 amide bonds. The van der Waals surface area contributed by atoms with E-state index in [9.17, 15) is 44.3 Å². The number of esters is 2. The smallest absolute Gasteiger partial charge is 0.387 e. The molecule has 5 fully saturated rings. The maximum Gasteiger partial charge on any atom is 0.466 e. The van der Waals surface area contributed by atoms with Crippen molar-refractivity contribution in [3.05, 3.63) is 0 Å². The maximum atomic E-state index is 13.8. The van der Waals surface area contributed by atoms with Gasteiger partial charge < -0.3 is 14.2 Å². The summed E-state index contributed by atoms with van der Waals surface area (Å²) >= 11 is 0. The van der Waals surface area contributed by atoms with Crippen molar-refractivity contribution in [1.82, 2.24) is 0 Å². The van der Waals surface area contributed by atoms with Crippen molar-refractivity contribution < 1.29 is 63.1 Å². The van der Waals surface area contributed by atoms with Gasteiger partial charge in [0.1, 0.15) is 13.2 Å². The number of carbonyl (C=O) groups is 2. The van der Waals surface area contributed by atoms with E-state index in [1.807, 2.05) is 0 Å². The van der Waals surface area contributed by atoms with Crippen molar-refractivity contribution in [1.29, 1.82) is 0 Å². The van der Waals surface area contributed by atoms with Gasteiger partial charge in [-0.15, -0.1) is 0 Å². The molecule has 1 aliphatic heterocycles. The van der Waals surface area contributed by atoms with E-state index in [1.54, 1.807) is 0 Å². The summed E-state index contributed by atoms with van der Waals surface area (Å²) in [5.41, 5.74) is -1.56. The predicted molar refractivity (Wildman–Crippen MR) is 88.1 cm³/mol. The fourth-order valence-electron chi connectivity index (χ4n) is 5.66. The zero-order valence-electron chi connectivity index (χ0n) is 16.2. The zero-order chi connectivity index (χ0) is 24.0. The number of rotatable bonds is 3. The molecule has 2 atom stereocenters. The van der Waals surface area contributed by atoms with Gasteiger partial charge in [-0.25, -0.2) is 4.79 Å². The van der Waals surface area contributed by atoms with Crippen LogP contribution in [0.5, 0.6) is 0 Å². The second kappa shape index (κ2) is 6.79. The van der Waals surface area contributed by atoms with Crippen LogP contribution in [0.2, 0.25) is 0 Å². The quantitative estimate of drug-likeness (QED) is 0.274. The number of hydrogen-bond donors (Lipinski definition) is 1. The van der Waals surface area contributed by atoms with E-state index in [4.69, 9.17) is 14.0 Å². The number of carbonyl (C=O) groups excluding carboxylic acids is 2. The van der Waals surface area contributed by atoms with Crippen LogP contribution in [0.1, 0.15) is 32.1 Å². The molecule has 0 aromatic rings. The van der Waals surface area contributed by atoms with Gasteiger partial charge in [-0.3, -0.25) is 9.35 Å². The standard InChI is InChI=1S/C17H18F6O8S/c18-14(19)6-29-16(30-7-15(14,20)21)9-1-8-2-10(16)5-13(3-8,4-9)11(24)31-12(25)17(22,23)32(26,27)28/h8-10H,1-7H2,(H,26,27,28). The first-order valence-electron chi connectivity index (χ1n) is 9.61. The fourth-order valence-corrected chi connectivity index (χ4v) is 5.92. The Kier molecular flexibility index (Phi) is 5.03. The van der Waals surface area contributed by atoms with Gasteiger partial charge in [-0.1, -0.05) is 0 Å². The third-order valence-electron chi connectivity index (χ3n) is 7.00. The first-order chi connectivity index (χ1) is 14.5. The summed E-state index contributed by atoms with van der Waals surface area (Å²) < 4.78 is 127. The lowest BCUT2D eigenvalue weighted by molar-refractivity contribution is -0.345. The molecule has 0 radical (unpaired) electrons. The van der Waals surface area contributed by atoms with E-state index in [-0.39, 0.29) is 38.0 Å². The molecule has 4 saturated carbocycles. The van der Waals surface area contributed by atoms with Gasteiger partial charge in [-0.05, 0) is 38.0 Å². The molecule has 1 spiro atoms. The number of alkyl halides is 6. The fraction of sp³-hybridized carbons (Fsp3) is 0.882. The number of halogens is 6. The molecule has 5 aliphatic rings. The van der Waals surface area contributed by atoms with E-state index in [0.717, 1.165) is 0 Å². The molecule has 1 N–H and O–H groups in total. The molecular weight excluding hydrogens is 478 g/mol. The van der Waals surface area contributed by atoms with Gasteiger partial charge in [0.05, 0.1) is 5.41 Å². The largest absolute Gasteiger partial charge is 0.466 e. The third-order valence-corrected chi connectivity index (χ3v) is 7.82. The van der Waals surface area contributed by atoms with E-state index >= 15 is 0 Å². The first-order valence-corrected chi connectivity index (χ1v) is 11.0. The lowest BCUT2D eigenvalue weighted by atomic mass is 9.47. The molecule has 4 aliphatic carbocycles. The van der Waals surface area contributed by atoms with Crippen LogP contribution in [0.3, 0.4) is 0 Å². The van der Waals surface area contributed by atoms with E-state index in [2.05, 4.69) is 4.74 Å². The molecule has 1 heterocycles. The Balaban J connectivity index is 1.57. The Labute approximate surface area is 177 Å². The van der Waals surface area contributed by atoms with Gasteiger partial charge in [0.15, 0.2) is 5.79 Å². The summed E-state index contributed by atoms with van der Waals surface area (Å²) in [6, 6.07) is 0. The molecule has 182 valence electrons. The van der Waals surface area contributed by atoms with Crippen LogP contribution in [-0.2, 0) is 33.9 Å². The molecule has 0 aromatic heterocycles. The summed E-state index contributed by atoms with van der Waals surface area (Å²) in [7, 11) is -6.19. The van der Waals surface area contributed by atoms with Gasteiger partial charge in [-0.2, -0.15) is 34.8 Å². The normalized spacial score (nSPS) is 37.2. The highest BCUT2D eigenvalue weighted by molar-refractivity contribution is 7.87. The Morgan fingerprint density at radius 3 is 1.84 bits per heavy atom. The van der Waals surface area contributed by atoms with E-state index in [1.165, 1.54) is 0 Å². The summed E-state index contributed by atoms with van der Waals surface area (Å²) in [5, 5.41) is -5.38. The molecule has 5 rings (SSSR count). The molecule has 0 aromatic carbocycles. The molecule has 8 nitrogen and oxygen atoms in total. The van der Waals surface area contributed by atoms with Gasteiger partial charge in [0.2, 0.25) is 0 Å². The summed E-state index contributed by atoms with van der Waals surface area (Å²) in [6.45, 7) is -3.23. The molecule has 4 bridgehead atoms. The van der Waals surface area contributed by atoms with Crippen LogP contribution in [0.25, 0.3) is 0 Å². The highest BCUT2D eigenvalue weighted by Gasteiger charge is 2.71. The molecule has 2 unspecified atom stereocenters. The second-order valence-corrected chi connectivity index (χ2v) is 10.5. The molecule has 32 heavy (non-hydrogen) atoms. The van der Waals surface area contributed by atoms with Crippen LogP contribution in [-0.4, -0.2) is 61.0 Å². The van der Waals surface area contributed by atoms with Crippen LogP contribution >= 0.6 is 0 Å². The Hall–Kier alpha value is -1.45. The van der Waals surface area contributed by atoms with E-state index < -0.39 is 75.4 Å². The first kappa shape index (κ1) is 23.7. The lowest BCUT2D eigenvalue weighted by Crippen LogP contribution is -2.65. The monoisotopic (exact) mass is 496 g/mol. The third kappa shape index (κ3) is 3.26. The van der Waals surface area contributed by atoms with Crippen molar-refractivity contribution >= 4 is 22.1 Å². The summed E-state index contributed by atoms with van der Waals surface area (Å²) in [4.78, 5) is 24.2. The Bertz CT molecular complexity index is 915. The van der Waals surface area contributed by atoms with Crippen molar-refractivity contribution in [3.63, 3.8) is 0 Å². The van der Waals surface area contributed by atoms with Crippen molar-refractivity contribution in [2.45, 2.75) is 55.0 Å². The minimum Gasteiger partial charge on any atom is -0.387 e. The number of ether oxygens (including phenoxy) is 3. The average molecular weight is 496 g/mol. The average Bonchev–Trinajstić information content (AvgIpc) is 2.74. The summed E-state index contributed by atoms with van der Waals surface area (Å²) in [5.74, 6) is -17.0. The lowest BCUT2D eigenvalue weighted by Gasteiger charge is -2.62. The molecule has 1 saturated heterocycles. The van der Waals surface area contributed by atoms with Crippen molar-refractivity contribution in [3.8, 4) is 0 Å². The maximum absolute atomic E-state index is 13.8. The Morgan fingerprint density at radius 1 is 0.938 bits per heavy atom. The SMILES string of the molecule is O=C(OC(=O)C(F)(F)S(=O)(=O)O)C12CC3CC(C1)C1(OCC(F)(F)C(F)(F)CO1)C(C3)C2. The topological polar surface area (TPSA) is 116 Å². The molecular formula is C17H18F6O8S. The minimum absolute atomic E-state index is 0.0754.